The highest BCUT2D eigenvalue weighted by Crippen LogP contribution is 2.41. The zero-order valence-corrected chi connectivity index (χ0v) is 15.4. The molecule has 6 heteroatoms. The van der Waals surface area contributed by atoms with Crippen LogP contribution in [0.5, 0.6) is 0 Å². The summed E-state index contributed by atoms with van der Waals surface area (Å²) in [6.07, 6.45) is 0.481. The number of hydrogen-bond acceptors (Lipinski definition) is 3. The number of hydrogen-bond donors (Lipinski definition) is 0. The van der Waals surface area contributed by atoms with Crippen LogP contribution in [0.1, 0.15) is 38.1 Å². The number of halogens is 1. The minimum absolute atomic E-state index is 0.0676. The maximum atomic E-state index is 12.2. The number of thioether (sulfide) groups is 1. The Morgan fingerprint density at radius 2 is 2.13 bits per heavy atom. The van der Waals surface area contributed by atoms with E-state index in [9.17, 15) is 9.59 Å². The second-order valence-corrected chi connectivity index (χ2v) is 7.28. The Morgan fingerprint density at radius 3 is 2.74 bits per heavy atom. The van der Waals surface area contributed by atoms with Crippen LogP contribution in [0, 0.1) is 0 Å². The minimum atomic E-state index is -0.0676. The second-order valence-electron chi connectivity index (χ2n) is 5.81. The lowest BCUT2D eigenvalue weighted by molar-refractivity contribution is -0.135. The molecule has 1 aromatic carbocycles. The van der Waals surface area contributed by atoms with Crippen LogP contribution in [0.25, 0.3) is 0 Å². The molecule has 1 heterocycles. The van der Waals surface area contributed by atoms with Crippen molar-refractivity contribution >= 4 is 35.2 Å². The van der Waals surface area contributed by atoms with Crippen molar-refractivity contribution in [3.8, 4) is 0 Å². The first kappa shape index (κ1) is 18.1. The summed E-state index contributed by atoms with van der Waals surface area (Å²) in [5, 5.41) is 0.608. The zero-order valence-electron chi connectivity index (χ0n) is 13.8. The molecule has 0 unspecified atom stereocenters. The summed E-state index contributed by atoms with van der Waals surface area (Å²) in [5.41, 5.74) is 0.961. The van der Waals surface area contributed by atoms with Crippen LogP contribution >= 0.6 is 23.4 Å². The molecular weight excluding hydrogens is 332 g/mol. The summed E-state index contributed by atoms with van der Waals surface area (Å²) in [5.74, 6) is 0.681. The molecule has 0 aromatic heterocycles. The van der Waals surface area contributed by atoms with Crippen LogP contribution in [0.15, 0.2) is 24.3 Å². The van der Waals surface area contributed by atoms with Crippen molar-refractivity contribution in [2.45, 2.75) is 38.6 Å². The van der Waals surface area contributed by atoms with Gasteiger partial charge in [0, 0.05) is 36.1 Å². The summed E-state index contributed by atoms with van der Waals surface area (Å²) in [6, 6.07) is 7.76. The fraction of sp³-hybridized carbons (Fsp3) is 0.529. The third kappa shape index (κ3) is 4.21. The van der Waals surface area contributed by atoms with Gasteiger partial charge in [-0.05, 0) is 19.9 Å². The van der Waals surface area contributed by atoms with Gasteiger partial charge in [0.25, 0.3) is 0 Å². The Bertz CT molecular complexity index is 579. The van der Waals surface area contributed by atoms with Crippen LogP contribution in [0.2, 0.25) is 5.02 Å². The molecule has 23 heavy (non-hydrogen) atoms. The molecule has 0 radical (unpaired) electrons. The minimum Gasteiger partial charge on any atom is -0.339 e. The molecule has 4 nitrogen and oxygen atoms in total. The van der Waals surface area contributed by atoms with Gasteiger partial charge in [0.2, 0.25) is 11.8 Å². The van der Waals surface area contributed by atoms with Crippen molar-refractivity contribution in [1.29, 1.82) is 0 Å². The Kier molecular flexibility index (Phi) is 6.36. The first-order valence-electron chi connectivity index (χ1n) is 7.90. The van der Waals surface area contributed by atoms with E-state index in [0.717, 1.165) is 5.56 Å². The van der Waals surface area contributed by atoms with Gasteiger partial charge in [-0.2, -0.15) is 0 Å². The molecule has 1 fully saturated rings. The average Bonchev–Trinajstić information content (AvgIpc) is 2.88. The van der Waals surface area contributed by atoms with Crippen LogP contribution in [0.4, 0.5) is 0 Å². The number of rotatable bonds is 6. The Hall–Kier alpha value is -1.20. The van der Waals surface area contributed by atoms with Crippen molar-refractivity contribution in [3.63, 3.8) is 0 Å². The van der Waals surface area contributed by atoms with E-state index in [2.05, 4.69) is 0 Å². The average molecular weight is 355 g/mol. The fourth-order valence-corrected chi connectivity index (χ4v) is 4.28. The number of nitrogens with zero attached hydrogens (tertiary/aromatic N) is 2. The monoisotopic (exact) mass is 354 g/mol. The van der Waals surface area contributed by atoms with Crippen LogP contribution in [-0.4, -0.2) is 46.5 Å². The van der Waals surface area contributed by atoms with E-state index in [-0.39, 0.29) is 23.2 Å². The van der Waals surface area contributed by atoms with Crippen molar-refractivity contribution in [2.24, 2.45) is 0 Å². The Balaban J connectivity index is 2.11. The Labute approximate surface area is 147 Å². The summed E-state index contributed by atoms with van der Waals surface area (Å²) in [4.78, 5) is 28.0. The smallest absolute Gasteiger partial charge is 0.233 e. The molecule has 1 aromatic rings. The lowest BCUT2D eigenvalue weighted by Crippen LogP contribution is -2.43. The third-order valence-electron chi connectivity index (χ3n) is 3.97. The molecule has 1 atom stereocenters. The van der Waals surface area contributed by atoms with Crippen molar-refractivity contribution in [1.82, 2.24) is 9.80 Å². The topological polar surface area (TPSA) is 40.6 Å². The second kappa shape index (κ2) is 8.06. The molecule has 0 saturated carbocycles. The summed E-state index contributed by atoms with van der Waals surface area (Å²) in [7, 11) is 0. The standard InChI is InChI=1S/C17H23ClN2O2S/c1-4-15(21)19(12(2)3)9-10-20-16(22)11-23-17(20)13-7-5-6-8-14(13)18/h5-8,12,17H,4,9-11H2,1-3H3/t17-/m0/s1. The summed E-state index contributed by atoms with van der Waals surface area (Å²) in [6.45, 7) is 6.95. The highest BCUT2D eigenvalue weighted by Gasteiger charge is 2.34. The normalized spacial score (nSPS) is 17.9. The number of carbonyl (C=O) groups is 2. The van der Waals surface area contributed by atoms with Gasteiger partial charge < -0.3 is 9.80 Å². The van der Waals surface area contributed by atoms with Crippen molar-refractivity contribution < 1.29 is 9.59 Å². The van der Waals surface area contributed by atoms with E-state index in [1.165, 1.54) is 0 Å². The van der Waals surface area contributed by atoms with Gasteiger partial charge in [-0.25, -0.2) is 0 Å². The molecule has 0 aliphatic carbocycles. The number of amides is 2. The van der Waals surface area contributed by atoms with Gasteiger partial charge in [-0.1, -0.05) is 36.7 Å². The number of benzene rings is 1. The first-order valence-corrected chi connectivity index (χ1v) is 9.33. The van der Waals surface area contributed by atoms with Crippen LogP contribution in [-0.2, 0) is 9.59 Å². The van der Waals surface area contributed by atoms with E-state index in [4.69, 9.17) is 11.6 Å². The molecular formula is C17H23ClN2O2S. The van der Waals surface area contributed by atoms with Gasteiger partial charge in [0.1, 0.15) is 5.37 Å². The lowest BCUT2D eigenvalue weighted by Gasteiger charge is -2.31. The predicted octanol–water partition coefficient (Wildman–Crippen LogP) is 3.56. The predicted molar refractivity (Wildman–Crippen MR) is 95.5 cm³/mol. The molecule has 1 aliphatic heterocycles. The van der Waals surface area contributed by atoms with E-state index < -0.39 is 0 Å². The molecule has 126 valence electrons. The maximum absolute atomic E-state index is 12.2. The summed E-state index contributed by atoms with van der Waals surface area (Å²) >= 11 is 7.88. The number of carbonyl (C=O) groups excluding carboxylic acids is 2. The fourth-order valence-electron chi connectivity index (χ4n) is 2.72. The largest absolute Gasteiger partial charge is 0.339 e. The maximum Gasteiger partial charge on any atom is 0.233 e. The molecule has 2 amide bonds. The van der Waals surface area contributed by atoms with E-state index in [1.807, 2.05) is 54.8 Å². The zero-order chi connectivity index (χ0) is 17.0. The van der Waals surface area contributed by atoms with Crippen LogP contribution in [0.3, 0.4) is 0 Å². The van der Waals surface area contributed by atoms with Gasteiger partial charge in [-0.3, -0.25) is 9.59 Å². The SMILES string of the molecule is CCC(=O)N(CCN1C(=O)CS[C@H]1c1ccccc1Cl)C(C)C. The van der Waals surface area contributed by atoms with Gasteiger partial charge in [0.15, 0.2) is 0 Å². The molecule has 1 aliphatic rings. The van der Waals surface area contributed by atoms with E-state index in [1.54, 1.807) is 11.8 Å². The van der Waals surface area contributed by atoms with Gasteiger partial charge >= 0.3 is 0 Å². The van der Waals surface area contributed by atoms with Gasteiger partial charge in [0.05, 0.1) is 5.75 Å². The van der Waals surface area contributed by atoms with Gasteiger partial charge in [-0.15, -0.1) is 11.8 Å². The van der Waals surface area contributed by atoms with E-state index >= 15 is 0 Å². The molecule has 2 rings (SSSR count). The molecule has 0 spiro atoms. The van der Waals surface area contributed by atoms with Crippen molar-refractivity contribution in [2.75, 3.05) is 18.8 Å². The quantitative estimate of drug-likeness (QED) is 0.784. The first-order chi connectivity index (χ1) is 11.0. The highest BCUT2D eigenvalue weighted by atomic mass is 35.5. The highest BCUT2D eigenvalue weighted by molar-refractivity contribution is 8.00. The Morgan fingerprint density at radius 1 is 1.43 bits per heavy atom. The molecule has 0 bridgehead atoms. The molecule has 0 N–H and O–H groups in total. The van der Waals surface area contributed by atoms with E-state index in [0.29, 0.717) is 30.3 Å². The third-order valence-corrected chi connectivity index (χ3v) is 5.55. The van der Waals surface area contributed by atoms with Crippen LogP contribution < -0.4 is 0 Å². The van der Waals surface area contributed by atoms with Crippen molar-refractivity contribution in [3.05, 3.63) is 34.9 Å². The lowest BCUT2D eigenvalue weighted by atomic mass is 10.2. The molecule has 1 saturated heterocycles. The summed E-state index contributed by atoms with van der Waals surface area (Å²) < 4.78 is 0.